The van der Waals surface area contributed by atoms with Gasteiger partial charge in [-0.3, -0.25) is 0 Å². The van der Waals surface area contributed by atoms with Crippen molar-refractivity contribution < 1.29 is 0 Å². The third kappa shape index (κ3) is 2.48. The normalized spacial score (nSPS) is 11.1. The molecule has 0 unspecified atom stereocenters. The van der Waals surface area contributed by atoms with E-state index in [0.29, 0.717) is 0 Å². The predicted octanol–water partition coefficient (Wildman–Crippen LogP) is 2.79. The molecule has 1 aromatic carbocycles. The lowest BCUT2D eigenvalue weighted by molar-refractivity contribution is 1.28. The van der Waals surface area contributed by atoms with Crippen molar-refractivity contribution in [2.24, 2.45) is 0 Å². The molecule has 2 rings (SSSR count). The molecule has 1 N–H and O–H groups in total. The molecule has 0 saturated carbocycles. The summed E-state index contributed by atoms with van der Waals surface area (Å²) in [6.07, 6.45) is 0. The minimum atomic E-state index is -1.31. The molecule has 15 heavy (non-hydrogen) atoms. The van der Waals surface area contributed by atoms with Gasteiger partial charge in [0.15, 0.2) is 5.82 Å². The highest BCUT2D eigenvalue weighted by atomic mass is 28.3. The van der Waals surface area contributed by atoms with Gasteiger partial charge in [0.05, 0.1) is 11.0 Å². The van der Waals surface area contributed by atoms with Crippen LogP contribution in [0.3, 0.4) is 0 Å². The topological polar surface area (TPSA) is 28.7 Å². The molecule has 0 aliphatic rings. The quantitative estimate of drug-likeness (QED) is 0.530. The van der Waals surface area contributed by atoms with Gasteiger partial charge in [-0.1, -0.05) is 31.8 Å². The first-order valence-electron chi connectivity index (χ1n) is 5.02. The van der Waals surface area contributed by atoms with Gasteiger partial charge in [-0.2, -0.15) is 0 Å². The molecule has 1 aromatic heterocycles. The zero-order chi connectivity index (χ0) is 10.9. The number of imidazole rings is 1. The number of para-hydroxylation sites is 2. The monoisotopic (exact) mass is 214 g/mol. The minimum absolute atomic E-state index is 0.777. The lowest BCUT2D eigenvalue weighted by Crippen LogP contribution is -2.16. The summed E-state index contributed by atoms with van der Waals surface area (Å²) >= 11 is 0. The van der Waals surface area contributed by atoms with E-state index in [2.05, 4.69) is 41.1 Å². The van der Waals surface area contributed by atoms with E-state index in [1.165, 1.54) is 0 Å². The van der Waals surface area contributed by atoms with Gasteiger partial charge in [0.1, 0.15) is 8.07 Å². The fourth-order valence-electron chi connectivity index (χ4n) is 1.26. The fourth-order valence-corrected chi connectivity index (χ4v) is 1.75. The summed E-state index contributed by atoms with van der Waals surface area (Å²) in [5.41, 5.74) is 5.33. The van der Waals surface area contributed by atoms with E-state index in [9.17, 15) is 0 Å². The molecule has 76 valence electrons. The Kier molecular flexibility index (Phi) is 2.37. The smallest absolute Gasteiger partial charge is 0.183 e. The predicted molar refractivity (Wildman–Crippen MR) is 66.3 cm³/mol. The number of nitrogens with one attached hydrogen (secondary N) is 1. The van der Waals surface area contributed by atoms with E-state index >= 15 is 0 Å². The van der Waals surface area contributed by atoms with Crippen LogP contribution in [0.25, 0.3) is 11.0 Å². The average Bonchev–Trinajstić information content (AvgIpc) is 2.56. The standard InChI is InChI=1S/C12H14N2Si/c1-15(2,3)9-8-12-13-10-6-4-5-7-11(10)14-12/h4-7H,1-3H3,(H,13,14). The Morgan fingerprint density at radius 3 is 2.60 bits per heavy atom. The fraction of sp³-hybridized carbons (Fsp3) is 0.250. The van der Waals surface area contributed by atoms with Crippen molar-refractivity contribution in [2.75, 3.05) is 0 Å². The van der Waals surface area contributed by atoms with Crippen LogP contribution in [-0.4, -0.2) is 18.0 Å². The molecular formula is C12H14N2Si. The second kappa shape index (κ2) is 3.56. The Hall–Kier alpha value is -1.53. The van der Waals surface area contributed by atoms with Crippen LogP contribution in [0, 0.1) is 11.5 Å². The van der Waals surface area contributed by atoms with Gasteiger partial charge < -0.3 is 4.98 Å². The van der Waals surface area contributed by atoms with E-state index in [-0.39, 0.29) is 0 Å². The number of nitrogens with zero attached hydrogens (tertiary/aromatic N) is 1. The van der Waals surface area contributed by atoms with E-state index < -0.39 is 8.07 Å². The molecule has 0 saturated heterocycles. The molecular weight excluding hydrogens is 200 g/mol. The Balaban J connectivity index is 2.41. The van der Waals surface area contributed by atoms with Gasteiger partial charge >= 0.3 is 0 Å². The first-order valence-corrected chi connectivity index (χ1v) is 8.52. The molecule has 2 nitrogen and oxygen atoms in total. The largest absolute Gasteiger partial charge is 0.331 e. The van der Waals surface area contributed by atoms with E-state index in [1.807, 2.05) is 24.3 Å². The van der Waals surface area contributed by atoms with E-state index in [0.717, 1.165) is 16.9 Å². The second-order valence-corrected chi connectivity index (χ2v) is 9.35. The SMILES string of the molecule is C[Si](C)(C)C#Cc1nc2ccccc2[nH]1. The average molecular weight is 214 g/mol. The van der Waals surface area contributed by atoms with Gasteiger partial charge in [0.2, 0.25) is 0 Å². The Labute approximate surface area is 90.7 Å². The lowest BCUT2D eigenvalue weighted by atomic mass is 10.3. The number of hydrogen-bond donors (Lipinski definition) is 1. The molecule has 0 bridgehead atoms. The highest BCUT2D eigenvalue weighted by molar-refractivity contribution is 6.83. The van der Waals surface area contributed by atoms with Crippen LogP contribution < -0.4 is 0 Å². The van der Waals surface area contributed by atoms with Gasteiger partial charge in [0, 0.05) is 0 Å². The molecule has 0 fully saturated rings. The van der Waals surface area contributed by atoms with E-state index in [4.69, 9.17) is 0 Å². The van der Waals surface area contributed by atoms with Crippen LogP contribution in [0.5, 0.6) is 0 Å². The maximum absolute atomic E-state index is 4.41. The van der Waals surface area contributed by atoms with Gasteiger partial charge in [-0.15, -0.1) is 5.54 Å². The maximum Gasteiger partial charge on any atom is 0.183 e. The number of hydrogen-bond acceptors (Lipinski definition) is 1. The van der Waals surface area contributed by atoms with Crippen molar-refractivity contribution in [2.45, 2.75) is 19.6 Å². The van der Waals surface area contributed by atoms with Gasteiger partial charge in [-0.05, 0) is 18.1 Å². The molecule has 0 radical (unpaired) electrons. The highest BCUT2D eigenvalue weighted by Gasteiger charge is 2.08. The lowest BCUT2D eigenvalue weighted by Gasteiger charge is -2.02. The maximum atomic E-state index is 4.41. The van der Waals surface area contributed by atoms with Crippen LogP contribution in [0.15, 0.2) is 24.3 Å². The van der Waals surface area contributed by atoms with Crippen LogP contribution in [0.4, 0.5) is 0 Å². The van der Waals surface area contributed by atoms with Crippen molar-refractivity contribution in [1.82, 2.24) is 9.97 Å². The third-order valence-electron chi connectivity index (χ3n) is 1.95. The Bertz CT molecular complexity index is 505. The molecule has 0 atom stereocenters. The summed E-state index contributed by atoms with van der Waals surface area (Å²) in [6, 6.07) is 7.99. The summed E-state index contributed by atoms with van der Waals surface area (Å²) in [6.45, 7) is 6.67. The molecule has 2 aromatic rings. The van der Waals surface area contributed by atoms with Crippen molar-refractivity contribution >= 4 is 19.1 Å². The third-order valence-corrected chi connectivity index (χ3v) is 2.82. The molecule has 0 aliphatic carbocycles. The number of H-pyrrole nitrogens is 1. The molecule has 0 spiro atoms. The minimum Gasteiger partial charge on any atom is -0.331 e. The molecule has 0 amide bonds. The molecule has 1 heterocycles. The van der Waals surface area contributed by atoms with Gasteiger partial charge in [-0.25, -0.2) is 4.98 Å². The Morgan fingerprint density at radius 1 is 1.20 bits per heavy atom. The number of aromatic amines is 1. The summed E-state index contributed by atoms with van der Waals surface area (Å²) in [5.74, 6) is 3.90. The number of benzene rings is 1. The van der Waals surface area contributed by atoms with E-state index in [1.54, 1.807) is 0 Å². The first-order chi connectivity index (χ1) is 7.04. The van der Waals surface area contributed by atoms with Crippen molar-refractivity contribution in [1.29, 1.82) is 0 Å². The van der Waals surface area contributed by atoms with Crippen LogP contribution in [-0.2, 0) is 0 Å². The summed E-state index contributed by atoms with van der Waals surface area (Å²) in [7, 11) is -1.31. The van der Waals surface area contributed by atoms with Crippen molar-refractivity contribution in [3.8, 4) is 11.5 Å². The zero-order valence-electron chi connectivity index (χ0n) is 9.26. The van der Waals surface area contributed by atoms with Crippen LogP contribution in [0.1, 0.15) is 5.82 Å². The summed E-state index contributed by atoms with van der Waals surface area (Å²) in [4.78, 5) is 7.61. The zero-order valence-corrected chi connectivity index (χ0v) is 10.3. The number of aromatic nitrogens is 2. The molecule has 0 aliphatic heterocycles. The Morgan fingerprint density at radius 2 is 1.93 bits per heavy atom. The first kappa shape index (κ1) is 10.0. The molecule has 3 heteroatoms. The van der Waals surface area contributed by atoms with Crippen LogP contribution in [0.2, 0.25) is 19.6 Å². The summed E-state index contributed by atoms with van der Waals surface area (Å²) in [5, 5.41) is 0. The van der Waals surface area contributed by atoms with Crippen molar-refractivity contribution in [3.63, 3.8) is 0 Å². The van der Waals surface area contributed by atoms with Crippen LogP contribution >= 0.6 is 0 Å². The van der Waals surface area contributed by atoms with Crippen molar-refractivity contribution in [3.05, 3.63) is 30.1 Å². The second-order valence-electron chi connectivity index (χ2n) is 4.60. The van der Waals surface area contributed by atoms with Gasteiger partial charge in [0.25, 0.3) is 0 Å². The number of fused-ring (bicyclic) bond motifs is 1. The highest BCUT2D eigenvalue weighted by Crippen LogP contribution is 2.09. The number of rotatable bonds is 0. The summed E-state index contributed by atoms with van der Waals surface area (Å²) < 4.78 is 0.